The number of benzene rings is 2. The second-order valence-corrected chi connectivity index (χ2v) is 6.77. The molecule has 0 saturated heterocycles. The highest BCUT2D eigenvalue weighted by Gasteiger charge is 2.15. The Labute approximate surface area is 172 Å². The number of aliphatic carboxylic acids is 1. The highest BCUT2D eigenvalue weighted by atomic mass is 79.9. The van der Waals surface area contributed by atoms with Crippen molar-refractivity contribution < 1.29 is 24.2 Å². The molecule has 148 valence electrons. The molecule has 2 aromatic carbocycles. The molecule has 1 amide bonds. The van der Waals surface area contributed by atoms with Gasteiger partial charge in [-0.3, -0.25) is 4.79 Å². The van der Waals surface area contributed by atoms with E-state index in [1.165, 1.54) is 13.2 Å². The smallest absolute Gasteiger partial charge is 0.352 e. The maximum Gasteiger partial charge on any atom is 0.352 e. The average Bonchev–Trinajstić information content (AvgIpc) is 2.69. The molecule has 2 N–H and O–H groups in total. The number of methoxy groups -OCH3 is 1. The van der Waals surface area contributed by atoms with Crippen molar-refractivity contribution in [2.24, 2.45) is 0 Å². The van der Waals surface area contributed by atoms with E-state index < -0.39 is 11.9 Å². The maximum atomic E-state index is 12.3. The van der Waals surface area contributed by atoms with Crippen LogP contribution < -0.4 is 14.8 Å². The fourth-order valence-electron chi connectivity index (χ4n) is 2.38. The summed E-state index contributed by atoms with van der Waals surface area (Å²) >= 11 is 3.44. The van der Waals surface area contributed by atoms with Gasteiger partial charge in [-0.15, -0.1) is 0 Å². The number of amides is 1. The summed E-state index contributed by atoms with van der Waals surface area (Å²) in [6.45, 7) is 2.62. The van der Waals surface area contributed by atoms with Crippen molar-refractivity contribution in [1.82, 2.24) is 5.32 Å². The van der Waals surface area contributed by atoms with Crippen molar-refractivity contribution in [3.63, 3.8) is 0 Å². The number of hydrogen-bond acceptors (Lipinski definition) is 4. The molecular formula is C21H22BrNO5. The molecule has 0 fully saturated rings. The number of carboxylic acids is 1. The largest absolute Gasteiger partial charge is 0.493 e. The summed E-state index contributed by atoms with van der Waals surface area (Å²) in [7, 11) is 1.51. The Hall–Kier alpha value is -2.80. The van der Waals surface area contributed by atoms with Gasteiger partial charge in [-0.1, -0.05) is 31.5 Å². The zero-order valence-electron chi connectivity index (χ0n) is 15.7. The summed E-state index contributed by atoms with van der Waals surface area (Å²) in [4.78, 5) is 23.9. The molecule has 28 heavy (non-hydrogen) atoms. The van der Waals surface area contributed by atoms with Crippen LogP contribution in [0.3, 0.4) is 0 Å². The van der Waals surface area contributed by atoms with Gasteiger partial charge < -0.3 is 19.9 Å². The predicted octanol–water partition coefficient (Wildman–Crippen LogP) is 4.49. The predicted molar refractivity (Wildman–Crippen MR) is 111 cm³/mol. The molecule has 0 aliphatic rings. The summed E-state index contributed by atoms with van der Waals surface area (Å²) in [6, 6.07) is 11.8. The molecule has 2 aromatic rings. The normalized spacial score (nSPS) is 11.0. The molecule has 0 unspecified atom stereocenters. The molecule has 0 saturated carbocycles. The minimum atomic E-state index is -1.25. The molecular weight excluding hydrogens is 426 g/mol. The van der Waals surface area contributed by atoms with Crippen LogP contribution >= 0.6 is 15.9 Å². The molecule has 0 spiro atoms. The van der Waals surface area contributed by atoms with Crippen LogP contribution in [-0.2, 0) is 4.79 Å². The first-order valence-corrected chi connectivity index (χ1v) is 9.57. The van der Waals surface area contributed by atoms with Gasteiger partial charge in [0.25, 0.3) is 5.91 Å². The van der Waals surface area contributed by atoms with Gasteiger partial charge in [-0.2, -0.15) is 0 Å². The van der Waals surface area contributed by atoms with Crippen molar-refractivity contribution in [3.8, 4) is 11.5 Å². The highest BCUT2D eigenvalue weighted by Crippen LogP contribution is 2.37. The van der Waals surface area contributed by atoms with Gasteiger partial charge >= 0.3 is 5.97 Å². The van der Waals surface area contributed by atoms with Gasteiger partial charge in [0.1, 0.15) is 5.70 Å². The lowest BCUT2D eigenvalue weighted by atomic mass is 10.1. The van der Waals surface area contributed by atoms with E-state index in [0.29, 0.717) is 33.7 Å². The van der Waals surface area contributed by atoms with Gasteiger partial charge in [0.05, 0.1) is 18.2 Å². The van der Waals surface area contributed by atoms with E-state index >= 15 is 0 Å². The van der Waals surface area contributed by atoms with Crippen molar-refractivity contribution in [2.45, 2.75) is 19.8 Å². The van der Waals surface area contributed by atoms with Crippen LogP contribution in [0.4, 0.5) is 0 Å². The molecule has 0 atom stereocenters. The second kappa shape index (κ2) is 10.5. The van der Waals surface area contributed by atoms with E-state index in [-0.39, 0.29) is 5.70 Å². The van der Waals surface area contributed by atoms with E-state index in [0.717, 1.165) is 12.8 Å². The average molecular weight is 448 g/mol. The lowest BCUT2D eigenvalue weighted by Gasteiger charge is -2.14. The molecule has 0 aliphatic carbocycles. The Bertz CT molecular complexity index is 865. The van der Waals surface area contributed by atoms with Crippen LogP contribution in [-0.4, -0.2) is 30.7 Å². The van der Waals surface area contributed by atoms with Crippen molar-refractivity contribution in [3.05, 3.63) is 63.8 Å². The van der Waals surface area contributed by atoms with E-state index in [9.17, 15) is 14.7 Å². The summed E-state index contributed by atoms with van der Waals surface area (Å²) in [5.74, 6) is -0.725. The van der Waals surface area contributed by atoms with Crippen LogP contribution in [0.1, 0.15) is 35.7 Å². The molecule has 6 nitrogen and oxygen atoms in total. The molecule has 0 bridgehead atoms. The lowest BCUT2D eigenvalue weighted by molar-refractivity contribution is -0.132. The van der Waals surface area contributed by atoms with Crippen molar-refractivity contribution in [1.29, 1.82) is 0 Å². The van der Waals surface area contributed by atoms with Gasteiger partial charge in [0, 0.05) is 5.56 Å². The Kier molecular flexibility index (Phi) is 8.07. The van der Waals surface area contributed by atoms with Crippen LogP contribution in [0, 0.1) is 0 Å². The minimum Gasteiger partial charge on any atom is -0.493 e. The third kappa shape index (κ3) is 5.85. The zero-order valence-corrected chi connectivity index (χ0v) is 17.3. The topological polar surface area (TPSA) is 84.9 Å². The number of carboxylic acid groups (broad SMARTS) is 1. The first-order valence-electron chi connectivity index (χ1n) is 8.78. The fourth-order valence-corrected chi connectivity index (χ4v) is 2.96. The molecule has 0 heterocycles. The van der Waals surface area contributed by atoms with Crippen molar-refractivity contribution >= 4 is 33.9 Å². The number of hydrogen-bond donors (Lipinski definition) is 2. The maximum absolute atomic E-state index is 12.3. The van der Waals surface area contributed by atoms with Crippen LogP contribution in [0.15, 0.2) is 52.6 Å². The number of carbonyl (C=O) groups is 2. The summed E-state index contributed by atoms with van der Waals surface area (Å²) in [5.41, 5.74) is 0.660. The minimum absolute atomic E-state index is 0.248. The van der Waals surface area contributed by atoms with Gasteiger partial charge in [-0.05, 0) is 58.3 Å². The van der Waals surface area contributed by atoms with Crippen LogP contribution in [0.2, 0.25) is 0 Å². The van der Waals surface area contributed by atoms with Gasteiger partial charge in [-0.25, -0.2) is 4.79 Å². The molecule has 2 rings (SSSR count). The SMILES string of the molecule is CCCCOc1c(Br)cc(C=C(NC(=O)c2ccccc2)C(=O)O)cc1OC. The van der Waals surface area contributed by atoms with Crippen LogP contribution in [0.5, 0.6) is 11.5 Å². The summed E-state index contributed by atoms with van der Waals surface area (Å²) < 4.78 is 11.8. The monoisotopic (exact) mass is 447 g/mol. The Balaban J connectivity index is 2.29. The van der Waals surface area contributed by atoms with E-state index in [4.69, 9.17) is 9.47 Å². The number of nitrogens with one attached hydrogen (secondary N) is 1. The Morgan fingerprint density at radius 2 is 1.93 bits per heavy atom. The Morgan fingerprint density at radius 1 is 1.21 bits per heavy atom. The number of carbonyl (C=O) groups excluding carboxylic acids is 1. The van der Waals surface area contributed by atoms with E-state index in [2.05, 4.69) is 28.2 Å². The lowest BCUT2D eigenvalue weighted by Crippen LogP contribution is -2.27. The molecule has 0 aromatic heterocycles. The number of unbranched alkanes of at least 4 members (excludes halogenated alkanes) is 1. The van der Waals surface area contributed by atoms with E-state index in [1.54, 1.807) is 42.5 Å². The summed E-state index contributed by atoms with van der Waals surface area (Å²) in [6.07, 6.45) is 3.28. The first kappa shape index (κ1) is 21.5. The van der Waals surface area contributed by atoms with E-state index in [1.807, 2.05) is 0 Å². The fraction of sp³-hybridized carbons (Fsp3) is 0.238. The molecule has 0 aliphatic heterocycles. The van der Waals surface area contributed by atoms with Gasteiger partial charge in [0.2, 0.25) is 0 Å². The highest BCUT2D eigenvalue weighted by molar-refractivity contribution is 9.10. The standard InChI is InChI=1S/C21H22BrNO5/c1-3-4-10-28-19-16(22)11-14(13-18(19)27-2)12-17(21(25)26)23-20(24)15-8-6-5-7-9-15/h5-9,11-13H,3-4,10H2,1-2H3,(H,23,24)(H,25,26). The third-order valence-electron chi connectivity index (χ3n) is 3.82. The second-order valence-electron chi connectivity index (χ2n) is 5.92. The van der Waals surface area contributed by atoms with Crippen molar-refractivity contribution in [2.75, 3.05) is 13.7 Å². The quantitative estimate of drug-likeness (QED) is 0.436. The number of rotatable bonds is 9. The number of halogens is 1. The first-order chi connectivity index (χ1) is 13.5. The number of ether oxygens (including phenoxy) is 2. The molecule has 7 heteroatoms. The Morgan fingerprint density at radius 3 is 2.54 bits per heavy atom. The summed E-state index contributed by atoms with van der Waals surface area (Å²) in [5, 5.41) is 11.9. The third-order valence-corrected chi connectivity index (χ3v) is 4.41. The molecule has 0 radical (unpaired) electrons. The van der Waals surface area contributed by atoms with Crippen LogP contribution in [0.25, 0.3) is 6.08 Å². The zero-order chi connectivity index (χ0) is 20.5. The van der Waals surface area contributed by atoms with Gasteiger partial charge in [0.15, 0.2) is 11.5 Å².